The first-order valence-corrected chi connectivity index (χ1v) is 10.0. The van der Waals surface area contributed by atoms with Gasteiger partial charge in [0.25, 0.3) is 0 Å². The molecule has 1 aliphatic heterocycles. The fourth-order valence-corrected chi connectivity index (χ4v) is 4.36. The van der Waals surface area contributed by atoms with Crippen molar-refractivity contribution in [1.29, 1.82) is 5.26 Å². The van der Waals surface area contributed by atoms with Gasteiger partial charge in [-0.05, 0) is 42.7 Å². The van der Waals surface area contributed by atoms with Crippen molar-refractivity contribution in [2.24, 2.45) is 5.92 Å². The largest absolute Gasteiger partial charge is 0.461 e. The van der Waals surface area contributed by atoms with Gasteiger partial charge in [0.2, 0.25) is 10.0 Å². The quantitative estimate of drug-likeness (QED) is 0.731. The van der Waals surface area contributed by atoms with Crippen molar-refractivity contribution < 1.29 is 17.9 Å². The summed E-state index contributed by atoms with van der Waals surface area (Å²) in [6.07, 6.45) is 3.69. The highest BCUT2D eigenvalue weighted by Gasteiger charge is 2.32. The van der Waals surface area contributed by atoms with Crippen LogP contribution in [0.3, 0.4) is 0 Å². The van der Waals surface area contributed by atoms with Crippen LogP contribution in [0.15, 0.2) is 53.7 Å². The molecule has 1 aromatic carbocycles. The van der Waals surface area contributed by atoms with Crippen LogP contribution >= 0.6 is 0 Å². The van der Waals surface area contributed by atoms with Crippen LogP contribution in [0.2, 0.25) is 0 Å². The Morgan fingerprint density at radius 1 is 1.22 bits per heavy atom. The maximum atomic E-state index is 12.6. The number of nitriles is 1. The van der Waals surface area contributed by atoms with Crippen molar-refractivity contribution >= 4 is 16.0 Å². The molecule has 27 heavy (non-hydrogen) atoms. The molecule has 2 heterocycles. The molecule has 0 spiro atoms. The molecule has 0 unspecified atom stereocenters. The fraction of sp³-hybridized carbons (Fsp3) is 0.316. The van der Waals surface area contributed by atoms with Gasteiger partial charge in [0.05, 0.1) is 17.6 Å². The maximum absolute atomic E-state index is 12.6. The van der Waals surface area contributed by atoms with Gasteiger partial charge in [-0.3, -0.25) is 9.78 Å². The highest BCUT2D eigenvalue weighted by atomic mass is 32.2. The Labute approximate surface area is 158 Å². The first kappa shape index (κ1) is 19.0. The summed E-state index contributed by atoms with van der Waals surface area (Å²) in [7, 11) is -3.58. The third-order valence-corrected chi connectivity index (χ3v) is 6.41. The van der Waals surface area contributed by atoms with E-state index >= 15 is 0 Å². The van der Waals surface area contributed by atoms with Crippen LogP contribution < -0.4 is 0 Å². The van der Waals surface area contributed by atoms with Gasteiger partial charge >= 0.3 is 5.97 Å². The van der Waals surface area contributed by atoms with Crippen LogP contribution in [0.25, 0.3) is 0 Å². The number of piperidine rings is 1. The molecule has 0 amide bonds. The van der Waals surface area contributed by atoms with Crippen molar-refractivity contribution in [1.82, 2.24) is 9.29 Å². The van der Waals surface area contributed by atoms with E-state index < -0.39 is 10.0 Å². The molecule has 7 nitrogen and oxygen atoms in total. The monoisotopic (exact) mass is 385 g/mol. The predicted octanol–water partition coefficient (Wildman–Crippen LogP) is 2.10. The molecule has 1 aliphatic rings. The second kappa shape index (κ2) is 8.29. The van der Waals surface area contributed by atoms with E-state index in [0.717, 1.165) is 5.56 Å². The topological polar surface area (TPSA) is 100 Å². The van der Waals surface area contributed by atoms with E-state index in [0.29, 0.717) is 18.4 Å². The van der Waals surface area contributed by atoms with Crippen LogP contribution in [-0.4, -0.2) is 36.8 Å². The Kier molecular flexibility index (Phi) is 5.84. The smallest absolute Gasteiger partial charge is 0.309 e. The summed E-state index contributed by atoms with van der Waals surface area (Å²) in [4.78, 5) is 16.3. The second-order valence-electron chi connectivity index (χ2n) is 6.28. The number of hydrogen-bond acceptors (Lipinski definition) is 6. The Morgan fingerprint density at radius 3 is 2.52 bits per heavy atom. The minimum atomic E-state index is -3.58. The van der Waals surface area contributed by atoms with Crippen LogP contribution in [-0.2, 0) is 26.2 Å². The summed E-state index contributed by atoms with van der Waals surface area (Å²) in [5, 5.41) is 8.78. The highest BCUT2D eigenvalue weighted by molar-refractivity contribution is 7.89. The summed E-state index contributed by atoms with van der Waals surface area (Å²) in [5.74, 6) is -0.637. The van der Waals surface area contributed by atoms with Crippen molar-refractivity contribution in [2.75, 3.05) is 13.1 Å². The van der Waals surface area contributed by atoms with Gasteiger partial charge in [0.1, 0.15) is 11.5 Å². The van der Waals surface area contributed by atoms with E-state index in [1.807, 2.05) is 6.07 Å². The Morgan fingerprint density at radius 2 is 1.93 bits per heavy atom. The van der Waals surface area contributed by atoms with E-state index in [1.54, 1.807) is 30.3 Å². The lowest BCUT2D eigenvalue weighted by Crippen LogP contribution is -2.40. The van der Waals surface area contributed by atoms with Crippen LogP contribution in [0.5, 0.6) is 0 Å². The third-order valence-electron chi connectivity index (χ3n) is 4.52. The van der Waals surface area contributed by atoms with E-state index in [9.17, 15) is 13.2 Å². The molecule has 8 heteroatoms. The molecule has 2 aromatic rings. The summed E-state index contributed by atoms with van der Waals surface area (Å²) in [6.45, 7) is 0.681. The third kappa shape index (κ3) is 4.51. The number of aromatic nitrogens is 1. The molecule has 0 N–H and O–H groups in total. The molecule has 0 bridgehead atoms. The number of rotatable bonds is 5. The first-order chi connectivity index (χ1) is 13.0. The molecule has 1 fully saturated rings. The number of benzene rings is 1. The normalized spacial score (nSPS) is 15.8. The number of nitrogens with zero attached hydrogens (tertiary/aromatic N) is 3. The summed E-state index contributed by atoms with van der Waals surface area (Å²) < 4.78 is 31.9. The number of hydrogen-bond donors (Lipinski definition) is 0. The molecular weight excluding hydrogens is 366 g/mol. The molecular formula is C19H19N3O4S. The molecule has 1 aromatic heterocycles. The van der Waals surface area contributed by atoms with E-state index in [1.165, 1.54) is 22.8 Å². The van der Waals surface area contributed by atoms with Crippen molar-refractivity contribution in [2.45, 2.75) is 24.3 Å². The highest BCUT2D eigenvalue weighted by Crippen LogP contribution is 2.24. The van der Waals surface area contributed by atoms with Gasteiger partial charge in [-0.25, -0.2) is 8.42 Å². The van der Waals surface area contributed by atoms with Gasteiger partial charge in [-0.15, -0.1) is 0 Å². The number of ether oxygens (including phenoxy) is 1. The Hall–Kier alpha value is -2.76. The van der Waals surface area contributed by atoms with Crippen molar-refractivity contribution in [3.8, 4) is 6.07 Å². The van der Waals surface area contributed by atoms with Gasteiger partial charge in [-0.1, -0.05) is 12.1 Å². The molecule has 0 radical (unpaired) electrons. The standard InChI is InChI=1S/C19H19N3O4S/c20-12-15-3-5-16(6-4-15)14-26-19(23)17-7-10-22(11-8-17)27(24,25)18-2-1-9-21-13-18/h1-6,9,13,17H,7-8,10-11,14H2. The average molecular weight is 385 g/mol. The minimum absolute atomic E-state index is 0.138. The Balaban J connectivity index is 1.52. The maximum Gasteiger partial charge on any atom is 0.309 e. The molecule has 140 valence electrons. The summed E-state index contributed by atoms with van der Waals surface area (Å²) in [6, 6.07) is 12.0. The molecule has 0 aliphatic carbocycles. The fourth-order valence-electron chi connectivity index (χ4n) is 2.93. The second-order valence-corrected chi connectivity index (χ2v) is 8.22. The first-order valence-electron chi connectivity index (χ1n) is 8.56. The molecule has 0 saturated carbocycles. The van der Waals surface area contributed by atoms with Gasteiger partial charge in [-0.2, -0.15) is 9.57 Å². The lowest BCUT2D eigenvalue weighted by molar-refractivity contribution is -0.151. The number of pyridine rings is 1. The van der Waals surface area contributed by atoms with Crippen LogP contribution in [0.4, 0.5) is 0 Å². The van der Waals surface area contributed by atoms with Crippen molar-refractivity contribution in [3.63, 3.8) is 0 Å². The predicted molar refractivity (Wildman–Crippen MR) is 96.7 cm³/mol. The summed E-state index contributed by atoms with van der Waals surface area (Å²) in [5.41, 5.74) is 1.35. The van der Waals surface area contributed by atoms with E-state index in [4.69, 9.17) is 10.00 Å². The van der Waals surface area contributed by atoms with Crippen LogP contribution in [0, 0.1) is 17.2 Å². The number of sulfonamides is 1. The lowest BCUT2D eigenvalue weighted by atomic mass is 9.98. The molecule has 1 saturated heterocycles. The summed E-state index contributed by atoms with van der Waals surface area (Å²) >= 11 is 0. The minimum Gasteiger partial charge on any atom is -0.461 e. The average Bonchev–Trinajstić information content (AvgIpc) is 2.73. The van der Waals surface area contributed by atoms with Gasteiger partial charge in [0, 0.05) is 25.5 Å². The zero-order valence-corrected chi connectivity index (χ0v) is 15.4. The number of esters is 1. The van der Waals surface area contributed by atoms with Crippen LogP contribution in [0.1, 0.15) is 24.0 Å². The number of carbonyl (C=O) groups excluding carboxylic acids is 1. The molecule has 0 atom stereocenters. The lowest BCUT2D eigenvalue weighted by Gasteiger charge is -2.30. The SMILES string of the molecule is N#Cc1ccc(COC(=O)C2CCN(S(=O)(=O)c3cccnc3)CC2)cc1. The zero-order chi connectivity index (χ0) is 19.3. The zero-order valence-electron chi connectivity index (χ0n) is 14.6. The van der Waals surface area contributed by atoms with Gasteiger partial charge in [0.15, 0.2) is 0 Å². The van der Waals surface area contributed by atoms with Gasteiger partial charge < -0.3 is 4.74 Å². The molecule has 3 rings (SSSR count). The van der Waals surface area contributed by atoms with E-state index in [2.05, 4.69) is 4.98 Å². The van der Waals surface area contributed by atoms with Crippen molar-refractivity contribution in [3.05, 3.63) is 59.9 Å². The number of carbonyl (C=O) groups is 1. The Bertz CT molecular complexity index is 929. The van der Waals surface area contributed by atoms with E-state index in [-0.39, 0.29) is 36.5 Å².